The number of aromatic nitrogens is 2. The molecule has 0 spiro atoms. The van der Waals surface area contributed by atoms with Crippen LogP contribution in [-0.2, 0) is 9.53 Å². The third-order valence-corrected chi connectivity index (χ3v) is 5.90. The Labute approximate surface area is 186 Å². The van der Waals surface area contributed by atoms with E-state index in [9.17, 15) is 9.59 Å². The summed E-state index contributed by atoms with van der Waals surface area (Å²) in [6.07, 6.45) is 2.67. The van der Waals surface area contributed by atoms with Crippen LogP contribution in [0.25, 0.3) is 16.9 Å². The van der Waals surface area contributed by atoms with Crippen LogP contribution in [0.5, 0.6) is 5.75 Å². The highest BCUT2D eigenvalue weighted by Gasteiger charge is 2.39. The third-order valence-electron chi connectivity index (χ3n) is 5.90. The number of hydrogen-bond acceptors (Lipinski definition) is 5. The van der Waals surface area contributed by atoms with Crippen LogP contribution in [0, 0.1) is 5.41 Å². The van der Waals surface area contributed by atoms with Gasteiger partial charge in [-0.2, -0.15) is 5.10 Å². The predicted octanol–water partition coefficient (Wildman–Crippen LogP) is 2.56. The second-order valence-electron chi connectivity index (χ2n) is 7.84. The number of carbonyl (C=O) groups excluding carboxylic acids is 2. The van der Waals surface area contributed by atoms with Gasteiger partial charge in [-0.3, -0.25) is 9.59 Å². The summed E-state index contributed by atoms with van der Waals surface area (Å²) in [6.45, 7) is 1.05. The van der Waals surface area contributed by atoms with E-state index in [0.29, 0.717) is 43.1 Å². The molecular weight excluding hydrogens is 408 g/mol. The lowest BCUT2D eigenvalue weighted by atomic mass is 9.79. The van der Waals surface area contributed by atoms with Crippen molar-refractivity contribution in [3.05, 3.63) is 66.4 Å². The summed E-state index contributed by atoms with van der Waals surface area (Å²) in [5.74, 6) is -0.0215. The number of para-hydroxylation sites is 1. The summed E-state index contributed by atoms with van der Waals surface area (Å²) in [5, 5.41) is 7.59. The lowest BCUT2D eigenvalue weighted by molar-refractivity contribution is -0.132. The molecule has 1 fully saturated rings. The Bertz CT molecular complexity index is 1090. The lowest BCUT2D eigenvalue weighted by Gasteiger charge is -2.34. The van der Waals surface area contributed by atoms with Crippen LogP contribution in [-0.4, -0.2) is 48.5 Å². The Morgan fingerprint density at radius 3 is 2.44 bits per heavy atom. The van der Waals surface area contributed by atoms with Gasteiger partial charge in [-0.05, 0) is 49.2 Å². The standard InChI is InChI=1S/C24H26N4O4/c1-31-19-9-7-17(8-10-19)21-20(15-28(27-21)18-5-3-2-4-6-18)22(29)26-16-24(23(25)30)11-13-32-14-12-24/h2-10,15H,11-14,16H2,1H3,(H2,25,30)(H,26,29). The first-order valence-electron chi connectivity index (χ1n) is 10.5. The van der Waals surface area contributed by atoms with Crippen LogP contribution in [0.15, 0.2) is 60.8 Å². The Hall–Kier alpha value is -3.65. The van der Waals surface area contributed by atoms with Crippen LogP contribution in [0.3, 0.4) is 0 Å². The van der Waals surface area contributed by atoms with Gasteiger partial charge in [-0.25, -0.2) is 4.68 Å². The number of primary amides is 1. The minimum atomic E-state index is -0.802. The van der Waals surface area contributed by atoms with Crippen LogP contribution in [0.2, 0.25) is 0 Å². The van der Waals surface area contributed by atoms with Gasteiger partial charge in [-0.1, -0.05) is 18.2 Å². The topological polar surface area (TPSA) is 108 Å². The Morgan fingerprint density at radius 2 is 1.81 bits per heavy atom. The van der Waals surface area contributed by atoms with Crippen molar-refractivity contribution in [2.45, 2.75) is 12.8 Å². The second kappa shape index (κ2) is 9.23. The van der Waals surface area contributed by atoms with Crippen molar-refractivity contribution in [1.29, 1.82) is 0 Å². The highest BCUT2D eigenvalue weighted by atomic mass is 16.5. The number of rotatable bonds is 7. The SMILES string of the molecule is COc1ccc(-c2nn(-c3ccccc3)cc2C(=O)NCC2(C(N)=O)CCOCC2)cc1. The van der Waals surface area contributed by atoms with Gasteiger partial charge in [0, 0.05) is 31.5 Å². The minimum absolute atomic E-state index is 0.156. The number of nitrogens with two attached hydrogens (primary N) is 1. The highest BCUT2D eigenvalue weighted by Crippen LogP contribution is 2.30. The zero-order valence-corrected chi connectivity index (χ0v) is 17.9. The number of amides is 2. The number of nitrogens with one attached hydrogen (secondary N) is 1. The Kier molecular flexibility index (Phi) is 6.23. The van der Waals surface area contributed by atoms with E-state index in [1.54, 1.807) is 18.0 Å². The molecule has 3 N–H and O–H groups in total. The molecular formula is C24H26N4O4. The fraction of sp³-hybridized carbons (Fsp3) is 0.292. The maximum absolute atomic E-state index is 13.2. The van der Waals surface area contributed by atoms with Crippen molar-refractivity contribution in [3.8, 4) is 22.7 Å². The third kappa shape index (κ3) is 4.36. The average molecular weight is 434 g/mol. The smallest absolute Gasteiger partial charge is 0.255 e. The largest absolute Gasteiger partial charge is 0.497 e. The molecule has 2 aromatic carbocycles. The van der Waals surface area contributed by atoms with Crippen LogP contribution >= 0.6 is 0 Å². The van der Waals surface area contributed by atoms with Crippen molar-refractivity contribution >= 4 is 11.8 Å². The van der Waals surface area contributed by atoms with E-state index >= 15 is 0 Å². The summed E-state index contributed by atoms with van der Waals surface area (Å²) < 4.78 is 12.3. The summed E-state index contributed by atoms with van der Waals surface area (Å²) in [4.78, 5) is 25.4. The molecule has 8 nitrogen and oxygen atoms in total. The molecule has 8 heteroatoms. The summed E-state index contributed by atoms with van der Waals surface area (Å²) in [7, 11) is 1.60. The van der Waals surface area contributed by atoms with Gasteiger partial charge in [0.15, 0.2) is 0 Å². The Balaban J connectivity index is 1.65. The first kappa shape index (κ1) is 21.6. The zero-order valence-electron chi connectivity index (χ0n) is 17.9. The number of carbonyl (C=O) groups is 2. The first-order chi connectivity index (χ1) is 15.5. The molecule has 32 heavy (non-hydrogen) atoms. The van der Waals surface area contributed by atoms with Crippen molar-refractivity contribution < 1.29 is 19.1 Å². The van der Waals surface area contributed by atoms with Gasteiger partial charge in [0.2, 0.25) is 5.91 Å². The molecule has 0 radical (unpaired) electrons. The van der Waals surface area contributed by atoms with Gasteiger partial charge in [0.1, 0.15) is 11.4 Å². The number of benzene rings is 2. The molecule has 0 bridgehead atoms. The zero-order chi connectivity index (χ0) is 22.6. The monoisotopic (exact) mass is 434 g/mol. The minimum Gasteiger partial charge on any atom is -0.497 e. The fourth-order valence-corrected chi connectivity index (χ4v) is 3.83. The molecule has 2 heterocycles. The molecule has 0 unspecified atom stereocenters. The molecule has 2 amide bonds. The number of ether oxygens (including phenoxy) is 2. The normalized spacial score (nSPS) is 15.2. The van der Waals surface area contributed by atoms with Gasteiger partial charge in [0.25, 0.3) is 5.91 Å². The van der Waals surface area contributed by atoms with E-state index in [2.05, 4.69) is 10.4 Å². The molecule has 1 aromatic heterocycles. The van der Waals surface area contributed by atoms with Crippen LogP contribution in [0.4, 0.5) is 0 Å². The first-order valence-corrected chi connectivity index (χ1v) is 10.5. The summed E-state index contributed by atoms with van der Waals surface area (Å²) >= 11 is 0. The highest BCUT2D eigenvalue weighted by molar-refractivity contribution is 6.00. The molecule has 0 atom stereocenters. The molecule has 0 aliphatic carbocycles. The van der Waals surface area contributed by atoms with E-state index < -0.39 is 11.3 Å². The lowest BCUT2D eigenvalue weighted by Crippen LogP contribution is -2.49. The molecule has 3 aromatic rings. The van der Waals surface area contributed by atoms with Gasteiger partial charge >= 0.3 is 0 Å². The van der Waals surface area contributed by atoms with E-state index in [0.717, 1.165) is 11.3 Å². The van der Waals surface area contributed by atoms with Crippen LogP contribution in [0.1, 0.15) is 23.2 Å². The van der Waals surface area contributed by atoms with Crippen LogP contribution < -0.4 is 15.8 Å². The van der Waals surface area contributed by atoms with Crippen molar-refractivity contribution in [3.63, 3.8) is 0 Å². The quantitative estimate of drug-likeness (QED) is 0.594. The maximum atomic E-state index is 13.2. The van der Waals surface area contributed by atoms with E-state index in [1.165, 1.54) is 0 Å². The summed E-state index contributed by atoms with van der Waals surface area (Å²) in [6, 6.07) is 16.9. The number of nitrogens with zero attached hydrogens (tertiary/aromatic N) is 2. The second-order valence-corrected chi connectivity index (χ2v) is 7.84. The van der Waals surface area contributed by atoms with E-state index in [4.69, 9.17) is 15.2 Å². The average Bonchev–Trinajstić information content (AvgIpc) is 3.29. The van der Waals surface area contributed by atoms with Crippen molar-refractivity contribution in [1.82, 2.24) is 15.1 Å². The molecule has 1 aliphatic rings. The maximum Gasteiger partial charge on any atom is 0.255 e. The number of hydrogen-bond donors (Lipinski definition) is 2. The Morgan fingerprint density at radius 1 is 1.12 bits per heavy atom. The van der Waals surface area contributed by atoms with E-state index in [1.807, 2.05) is 54.6 Å². The van der Waals surface area contributed by atoms with Gasteiger partial charge in [-0.15, -0.1) is 0 Å². The molecule has 166 valence electrons. The molecule has 4 rings (SSSR count). The molecule has 0 saturated carbocycles. The molecule has 1 aliphatic heterocycles. The van der Waals surface area contributed by atoms with E-state index in [-0.39, 0.29) is 12.5 Å². The number of methoxy groups -OCH3 is 1. The fourth-order valence-electron chi connectivity index (χ4n) is 3.83. The van der Waals surface area contributed by atoms with Crippen molar-refractivity contribution in [2.24, 2.45) is 11.1 Å². The van der Waals surface area contributed by atoms with Crippen molar-refractivity contribution in [2.75, 3.05) is 26.9 Å². The predicted molar refractivity (Wildman–Crippen MR) is 120 cm³/mol. The molecule has 1 saturated heterocycles. The summed E-state index contributed by atoms with van der Waals surface area (Å²) in [5.41, 5.74) is 7.44. The van der Waals surface area contributed by atoms with Gasteiger partial charge < -0.3 is 20.5 Å². The van der Waals surface area contributed by atoms with Gasteiger partial charge in [0.05, 0.1) is 23.8 Å².